The smallest absolute Gasteiger partial charge is 0.229 e. The summed E-state index contributed by atoms with van der Waals surface area (Å²) >= 11 is 0. The predicted molar refractivity (Wildman–Crippen MR) is 108 cm³/mol. The van der Waals surface area contributed by atoms with Crippen molar-refractivity contribution < 1.29 is 9.53 Å². The van der Waals surface area contributed by atoms with Gasteiger partial charge in [-0.1, -0.05) is 36.4 Å². The minimum Gasteiger partial charge on any atom is -0.496 e. The lowest BCUT2D eigenvalue weighted by molar-refractivity contribution is -0.117. The second-order valence-electron chi connectivity index (χ2n) is 7.55. The van der Waals surface area contributed by atoms with Gasteiger partial charge in [-0.05, 0) is 55.4 Å². The molecule has 0 bridgehead atoms. The Morgan fingerprint density at radius 1 is 1.11 bits per heavy atom. The van der Waals surface area contributed by atoms with E-state index in [9.17, 15) is 4.79 Å². The molecule has 0 radical (unpaired) electrons. The minimum atomic E-state index is -0.0209. The van der Waals surface area contributed by atoms with Crippen molar-refractivity contribution in [1.82, 2.24) is 9.78 Å². The van der Waals surface area contributed by atoms with Crippen LogP contribution in [-0.2, 0) is 17.6 Å². The maximum Gasteiger partial charge on any atom is 0.229 e. The van der Waals surface area contributed by atoms with Gasteiger partial charge < -0.3 is 10.1 Å². The van der Waals surface area contributed by atoms with Crippen LogP contribution in [-0.4, -0.2) is 22.8 Å². The van der Waals surface area contributed by atoms with Gasteiger partial charge >= 0.3 is 0 Å². The zero-order chi connectivity index (χ0) is 19.1. The molecule has 2 atom stereocenters. The highest BCUT2D eigenvalue weighted by Crippen LogP contribution is 2.51. The Hall–Kier alpha value is -3.08. The second-order valence-corrected chi connectivity index (χ2v) is 7.55. The third-order valence-electron chi connectivity index (χ3n) is 5.82. The number of aromatic nitrogens is 2. The Morgan fingerprint density at radius 3 is 2.71 bits per heavy atom. The molecule has 1 heterocycles. The van der Waals surface area contributed by atoms with Crippen LogP contribution >= 0.6 is 0 Å². The zero-order valence-electron chi connectivity index (χ0n) is 15.9. The first-order valence-corrected chi connectivity index (χ1v) is 9.86. The van der Waals surface area contributed by atoms with E-state index < -0.39 is 0 Å². The molecule has 2 aliphatic rings. The highest BCUT2D eigenvalue weighted by Gasteiger charge is 2.45. The summed E-state index contributed by atoms with van der Waals surface area (Å²) in [6, 6.07) is 18.0. The fraction of sp³-hybridized carbons (Fsp3) is 0.304. The number of hydrogen-bond acceptors (Lipinski definition) is 3. The normalized spacial score (nSPS) is 19.9. The summed E-state index contributed by atoms with van der Waals surface area (Å²) in [5.41, 5.74) is 4.39. The van der Waals surface area contributed by atoms with Crippen LogP contribution in [0.1, 0.15) is 35.6 Å². The molecular weight excluding hydrogens is 350 g/mol. The summed E-state index contributed by atoms with van der Waals surface area (Å²) in [6.45, 7) is 0. The standard InChI is InChI=1S/C23H23N3O2/c1-28-21-13-6-5-10-16(21)18-14-19(18)23(27)24-22-17-11-7-12-20(17)25-26(22)15-8-3-2-4-9-15/h2-6,8-10,13,18-19H,7,11-12,14H2,1H3,(H,24,27)/t18-,19+/m1/s1. The van der Waals surface area contributed by atoms with Gasteiger partial charge in [0.05, 0.1) is 18.5 Å². The molecule has 3 aromatic rings. The van der Waals surface area contributed by atoms with Gasteiger partial charge in [0.15, 0.2) is 0 Å². The Balaban J connectivity index is 1.41. The SMILES string of the molecule is COc1ccccc1[C@H]1C[C@@H]1C(=O)Nc1c2c(nn1-c1ccccc1)CCC2. The number of carbonyl (C=O) groups excluding carboxylic acids is 1. The van der Waals surface area contributed by atoms with Crippen LogP contribution in [0.2, 0.25) is 0 Å². The van der Waals surface area contributed by atoms with Crippen LogP contribution in [0.25, 0.3) is 5.69 Å². The van der Waals surface area contributed by atoms with Crippen LogP contribution in [0.5, 0.6) is 5.75 Å². The van der Waals surface area contributed by atoms with E-state index in [1.54, 1.807) is 7.11 Å². The maximum absolute atomic E-state index is 13.0. The molecule has 0 aliphatic heterocycles. The van der Waals surface area contributed by atoms with Gasteiger partial charge in [0.1, 0.15) is 11.6 Å². The van der Waals surface area contributed by atoms with E-state index >= 15 is 0 Å². The van der Waals surface area contributed by atoms with E-state index in [1.165, 1.54) is 5.56 Å². The number of benzene rings is 2. The third kappa shape index (κ3) is 2.87. The first-order valence-electron chi connectivity index (χ1n) is 9.86. The van der Waals surface area contributed by atoms with E-state index in [0.717, 1.165) is 54.2 Å². The lowest BCUT2D eigenvalue weighted by Crippen LogP contribution is -2.18. The number of nitrogens with zero attached hydrogens (tertiary/aromatic N) is 2. The first-order chi connectivity index (χ1) is 13.8. The Morgan fingerprint density at radius 2 is 1.89 bits per heavy atom. The number of carbonyl (C=O) groups is 1. The summed E-state index contributed by atoms with van der Waals surface area (Å²) in [6.07, 6.45) is 3.90. The number of hydrogen-bond donors (Lipinski definition) is 1. The fourth-order valence-electron chi connectivity index (χ4n) is 4.29. The summed E-state index contributed by atoms with van der Waals surface area (Å²) in [4.78, 5) is 13.0. The number of nitrogens with one attached hydrogen (secondary N) is 1. The Kier molecular flexibility index (Phi) is 4.15. The zero-order valence-corrected chi connectivity index (χ0v) is 15.9. The third-order valence-corrected chi connectivity index (χ3v) is 5.82. The molecule has 0 saturated heterocycles. The van der Waals surface area contributed by atoms with Crippen molar-refractivity contribution in [3.05, 3.63) is 71.4 Å². The number of para-hydroxylation sites is 2. The lowest BCUT2D eigenvalue weighted by atomic mass is 10.1. The van der Waals surface area contributed by atoms with E-state index in [4.69, 9.17) is 9.84 Å². The van der Waals surface area contributed by atoms with Gasteiger partial charge in [-0.15, -0.1) is 0 Å². The van der Waals surface area contributed by atoms with Crippen LogP contribution in [0.4, 0.5) is 5.82 Å². The quantitative estimate of drug-likeness (QED) is 0.732. The number of amides is 1. The Labute approximate surface area is 164 Å². The summed E-state index contributed by atoms with van der Waals surface area (Å²) in [7, 11) is 1.68. The molecule has 142 valence electrons. The summed E-state index contributed by atoms with van der Waals surface area (Å²) in [5.74, 6) is 1.97. The monoisotopic (exact) mass is 373 g/mol. The van der Waals surface area contributed by atoms with Crippen molar-refractivity contribution in [3.63, 3.8) is 0 Å². The number of ether oxygens (including phenoxy) is 1. The Bertz CT molecular complexity index is 1030. The molecule has 5 heteroatoms. The molecule has 0 spiro atoms. The number of rotatable bonds is 5. The predicted octanol–water partition coefficient (Wildman–Crippen LogP) is 4.11. The van der Waals surface area contributed by atoms with Gasteiger partial charge in [-0.25, -0.2) is 4.68 Å². The topological polar surface area (TPSA) is 56.1 Å². The maximum atomic E-state index is 13.0. The molecule has 1 amide bonds. The number of methoxy groups -OCH3 is 1. The lowest BCUT2D eigenvalue weighted by Gasteiger charge is -2.12. The van der Waals surface area contributed by atoms with Crippen molar-refractivity contribution in [2.45, 2.75) is 31.6 Å². The highest BCUT2D eigenvalue weighted by molar-refractivity contribution is 5.95. The molecular formula is C23H23N3O2. The molecule has 1 fully saturated rings. The van der Waals surface area contributed by atoms with Gasteiger partial charge in [-0.2, -0.15) is 5.10 Å². The molecule has 28 heavy (non-hydrogen) atoms. The number of aryl methyl sites for hydroxylation is 1. The second kappa shape index (κ2) is 6.82. The van der Waals surface area contributed by atoms with Crippen LogP contribution in [0.3, 0.4) is 0 Å². The molecule has 2 aliphatic carbocycles. The molecule has 0 unspecified atom stereocenters. The van der Waals surface area contributed by atoms with Crippen molar-refractivity contribution in [3.8, 4) is 11.4 Å². The fourth-order valence-corrected chi connectivity index (χ4v) is 4.29. The van der Waals surface area contributed by atoms with Crippen LogP contribution in [0.15, 0.2) is 54.6 Å². The van der Waals surface area contributed by atoms with Crippen molar-refractivity contribution >= 4 is 11.7 Å². The largest absolute Gasteiger partial charge is 0.496 e. The molecule has 1 aromatic heterocycles. The van der Waals surface area contributed by atoms with Gasteiger partial charge in [0, 0.05) is 11.5 Å². The van der Waals surface area contributed by atoms with Crippen molar-refractivity contribution in [2.75, 3.05) is 12.4 Å². The van der Waals surface area contributed by atoms with E-state index in [-0.39, 0.29) is 17.7 Å². The molecule has 2 aromatic carbocycles. The van der Waals surface area contributed by atoms with E-state index in [0.29, 0.717) is 0 Å². The average molecular weight is 373 g/mol. The summed E-state index contributed by atoms with van der Waals surface area (Å²) in [5, 5.41) is 7.99. The molecule has 1 N–H and O–H groups in total. The van der Waals surface area contributed by atoms with Gasteiger partial charge in [0.2, 0.25) is 5.91 Å². The molecule has 5 rings (SSSR count). The average Bonchev–Trinajstić information content (AvgIpc) is 3.29. The van der Waals surface area contributed by atoms with Gasteiger partial charge in [0.25, 0.3) is 0 Å². The minimum absolute atomic E-state index is 0.0209. The van der Waals surface area contributed by atoms with E-state index in [2.05, 4.69) is 11.4 Å². The van der Waals surface area contributed by atoms with Crippen LogP contribution in [0, 0.1) is 5.92 Å². The number of anilines is 1. The first kappa shape index (κ1) is 17.0. The number of fused-ring (bicyclic) bond motifs is 1. The van der Waals surface area contributed by atoms with Gasteiger partial charge in [-0.3, -0.25) is 4.79 Å². The van der Waals surface area contributed by atoms with Crippen molar-refractivity contribution in [2.24, 2.45) is 5.92 Å². The van der Waals surface area contributed by atoms with Crippen LogP contribution < -0.4 is 10.1 Å². The summed E-state index contributed by atoms with van der Waals surface area (Å²) < 4.78 is 7.36. The molecule has 5 nitrogen and oxygen atoms in total. The molecule has 1 saturated carbocycles. The van der Waals surface area contributed by atoms with Crippen molar-refractivity contribution in [1.29, 1.82) is 0 Å². The van der Waals surface area contributed by atoms with E-state index in [1.807, 2.05) is 53.2 Å². The highest BCUT2D eigenvalue weighted by atomic mass is 16.5.